The van der Waals surface area contributed by atoms with Crippen molar-refractivity contribution in [2.75, 3.05) is 0 Å². The van der Waals surface area contributed by atoms with Crippen molar-refractivity contribution in [2.45, 2.75) is 27.7 Å². The number of rotatable bonds is 3. The van der Waals surface area contributed by atoms with Crippen LogP contribution in [0.25, 0.3) is 76.7 Å². The minimum atomic E-state index is 1.01. The number of aryl methyl sites for hydroxylation is 4. The molecule has 0 amide bonds. The van der Waals surface area contributed by atoms with Crippen LogP contribution in [0.15, 0.2) is 127 Å². The smallest absolute Gasteiger partial charge is 0.0722 e. The predicted octanol–water partition coefficient (Wildman–Crippen LogP) is 11.9. The number of aromatic nitrogens is 1. The molecule has 44 heavy (non-hydrogen) atoms. The lowest BCUT2D eigenvalue weighted by Gasteiger charge is -2.22. The van der Waals surface area contributed by atoms with E-state index in [1.54, 1.807) is 0 Å². The van der Waals surface area contributed by atoms with Gasteiger partial charge in [-0.05, 0) is 129 Å². The quantitative estimate of drug-likeness (QED) is 0.195. The first-order valence-corrected chi connectivity index (χ1v) is 15.4. The molecule has 0 bridgehead atoms. The Hall–Kier alpha value is -5.27. The molecule has 0 aliphatic carbocycles. The Labute approximate surface area is 258 Å². The summed E-state index contributed by atoms with van der Waals surface area (Å²) in [6.07, 6.45) is 0. The first kappa shape index (κ1) is 26.4. The molecule has 1 aromatic heterocycles. The average molecular weight is 564 g/mol. The molecule has 1 nitrogen and oxygen atoms in total. The van der Waals surface area contributed by atoms with Crippen molar-refractivity contribution in [2.24, 2.45) is 0 Å². The monoisotopic (exact) mass is 563 g/mol. The highest BCUT2D eigenvalue weighted by atomic mass is 14.7. The lowest BCUT2D eigenvalue weighted by atomic mass is 9.82. The molecule has 0 radical (unpaired) electrons. The molecular formula is C43H33N. The fourth-order valence-corrected chi connectivity index (χ4v) is 6.82. The van der Waals surface area contributed by atoms with Crippen LogP contribution in [-0.4, -0.2) is 4.98 Å². The fourth-order valence-electron chi connectivity index (χ4n) is 6.82. The number of fused-ring (bicyclic) bond motifs is 4. The summed E-state index contributed by atoms with van der Waals surface area (Å²) in [4.78, 5) is 5.26. The highest BCUT2D eigenvalue weighted by molar-refractivity contribution is 6.23. The van der Waals surface area contributed by atoms with Gasteiger partial charge in [0.05, 0.1) is 11.2 Å². The Balaban J connectivity index is 1.59. The van der Waals surface area contributed by atoms with Crippen molar-refractivity contribution >= 4 is 43.2 Å². The number of pyridine rings is 1. The van der Waals surface area contributed by atoms with E-state index in [1.165, 1.54) is 82.4 Å². The zero-order valence-corrected chi connectivity index (χ0v) is 25.6. The van der Waals surface area contributed by atoms with Crippen LogP contribution in [0, 0.1) is 27.7 Å². The number of para-hydroxylation sites is 1. The second-order valence-corrected chi connectivity index (χ2v) is 12.2. The minimum Gasteiger partial charge on any atom is -0.248 e. The van der Waals surface area contributed by atoms with Gasteiger partial charge in [0.15, 0.2) is 0 Å². The summed E-state index contributed by atoms with van der Waals surface area (Å²) in [5.74, 6) is 0. The lowest BCUT2D eigenvalue weighted by molar-refractivity contribution is 1.35. The zero-order valence-electron chi connectivity index (χ0n) is 25.6. The summed E-state index contributed by atoms with van der Waals surface area (Å²) < 4.78 is 0. The first-order chi connectivity index (χ1) is 21.5. The van der Waals surface area contributed by atoms with Gasteiger partial charge < -0.3 is 0 Å². The Kier molecular flexibility index (Phi) is 6.10. The van der Waals surface area contributed by atoms with E-state index >= 15 is 0 Å². The highest BCUT2D eigenvalue weighted by Gasteiger charge is 2.22. The molecule has 0 N–H and O–H groups in total. The van der Waals surface area contributed by atoms with Crippen LogP contribution >= 0.6 is 0 Å². The summed E-state index contributed by atoms with van der Waals surface area (Å²) in [5.41, 5.74) is 13.4. The molecule has 0 unspecified atom stereocenters. The predicted molar refractivity (Wildman–Crippen MR) is 190 cm³/mol. The molecular weight excluding hydrogens is 530 g/mol. The van der Waals surface area contributed by atoms with Crippen LogP contribution in [0.4, 0.5) is 0 Å². The molecule has 0 fully saturated rings. The number of hydrogen-bond acceptors (Lipinski definition) is 1. The van der Waals surface area contributed by atoms with Crippen LogP contribution < -0.4 is 0 Å². The van der Waals surface area contributed by atoms with Crippen molar-refractivity contribution in [1.82, 2.24) is 4.98 Å². The third-order valence-electron chi connectivity index (χ3n) is 9.44. The van der Waals surface area contributed by atoms with Gasteiger partial charge in [-0.1, -0.05) is 103 Å². The lowest BCUT2D eigenvalue weighted by Crippen LogP contribution is -1.97. The normalized spacial score (nSPS) is 11.6. The standard InChI is InChI=1S/C43H33N/c1-26-20-35-37(22-28(26)3)43(41-19-18-31-14-10-11-17-40(31)44-41)38-23-29(4)27(2)21-36(38)42(35)39-25-33-16-9-8-15-32(33)24-34(39)30-12-6-5-7-13-30/h5-25H,1-4H3. The second-order valence-electron chi connectivity index (χ2n) is 12.2. The van der Waals surface area contributed by atoms with Crippen molar-refractivity contribution < 1.29 is 0 Å². The maximum Gasteiger partial charge on any atom is 0.0722 e. The fraction of sp³-hybridized carbons (Fsp3) is 0.0930. The van der Waals surface area contributed by atoms with E-state index in [9.17, 15) is 0 Å². The molecule has 0 atom stereocenters. The summed E-state index contributed by atoms with van der Waals surface area (Å²) in [5, 5.41) is 8.67. The van der Waals surface area contributed by atoms with Gasteiger partial charge in [0, 0.05) is 10.9 Å². The SMILES string of the molecule is Cc1cc2c(-c3ccc4ccccc4n3)c3cc(C)c(C)cc3c(-c3cc4ccccc4cc3-c3ccccc3)c2cc1C. The third-order valence-corrected chi connectivity index (χ3v) is 9.44. The first-order valence-electron chi connectivity index (χ1n) is 15.4. The molecule has 0 saturated carbocycles. The van der Waals surface area contributed by atoms with Crippen LogP contribution in [0.5, 0.6) is 0 Å². The Morgan fingerprint density at radius 2 is 0.864 bits per heavy atom. The van der Waals surface area contributed by atoms with Crippen LogP contribution in [0.1, 0.15) is 22.3 Å². The van der Waals surface area contributed by atoms with Gasteiger partial charge in [0.25, 0.3) is 0 Å². The molecule has 0 aliphatic heterocycles. The highest BCUT2D eigenvalue weighted by Crippen LogP contribution is 2.48. The van der Waals surface area contributed by atoms with Gasteiger partial charge in [-0.2, -0.15) is 0 Å². The minimum absolute atomic E-state index is 1.01. The zero-order chi connectivity index (χ0) is 29.9. The Bertz CT molecular complexity index is 2350. The van der Waals surface area contributed by atoms with E-state index in [0.717, 1.165) is 16.6 Å². The summed E-state index contributed by atoms with van der Waals surface area (Å²) in [6.45, 7) is 8.91. The molecule has 1 heteroatoms. The van der Waals surface area contributed by atoms with Crippen LogP contribution in [0.2, 0.25) is 0 Å². The van der Waals surface area contributed by atoms with Crippen molar-refractivity contribution in [3.05, 3.63) is 150 Å². The van der Waals surface area contributed by atoms with E-state index in [1.807, 2.05) is 0 Å². The molecule has 1 heterocycles. The Morgan fingerprint density at radius 1 is 0.386 bits per heavy atom. The van der Waals surface area contributed by atoms with Crippen molar-refractivity contribution in [3.63, 3.8) is 0 Å². The summed E-state index contributed by atoms with van der Waals surface area (Å²) in [7, 11) is 0. The van der Waals surface area contributed by atoms with E-state index in [-0.39, 0.29) is 0 Å². The maximum absolute atomic E-state index is 5.26. The van der Waals surface area contributed by atoms with Gasteiger partial charge >= 0.3 is 0 Å². The molecule has 0 aliphatic rings. The van der Waals surface area contributed by atoms with Gasteiger partial charge in [-0.15, -0.1) is 0 Å². The van der Waals surface area contributed by atoms with Crippen LogP contribution in [0.3, 0.4) is 0 Å². The molecule has 0 spiro atoms. The van der Waals surface area contributed by atoms with E-state index in [4.69, 9.17) is 4.98 Å². The van der Waals surface area contributed by atoms with Gasteiger partial charge in [-0.25, -0.2) is 4.98 Å². The number of hydrogen-bond donors (Lipinski definition) is 0. The average Bonchev–Trinajstić information content (AvgIpc) is 3.05. The summed E-state index contributed by atoms with van der Waals surface area (Å²) >= 11 is 0. The topological polar surface area (TPSA) is 12.9 Å². The maximum atomic E-state index is 5.26. The second kappa shape index (κ2) is 10.2. The van der Waals surface area contributed by atoms with Gasteiger partial charge in [0.1, 0.15) is 0 Å². The van der Waals surface area contributed by atoms with Crippen LogP contribution in [-0.2, 0) is 0 Å². The van der Waals surface area contributed by atoms with Crippen molar-refractivity contribution in [1.29, 1.82) is 0 Å². The van der Waals surface area contributed by atoms with Gasteiger partial charge in [-0.3, -0.25) is 0 Å². The van der Waals surface area contributed by atoms with Crippen molar-refractivity contribution in [3.8, 4) is 33.5 Å². The summed E-state index contributed by atoms with van der Waals surface area (Å²) in [6, 6.07) is 46.7. The van der Waals surface area contributed by atoms with E-state index < -0.39 is 0 Å². The molecule has 0 saturated heterocycles. The van der Waals surface area contributed by atoms with Gasteiger partial charge in [0.2, 0.25) is 0 Å². The van der Waals surface area contributed by atoms with E-state index in [0.29, 0.717) is 0 Å². The number of nitrogens with zero attached hydrogens (tertiary/aromatic N) is 1. The number of benzene rings is 7. The molecule has 8 aromatic rings. The Morgan fingerprint density at radius 3 is 1.45 bits per heavy atom. The largest absolute Gasteiger partial charge is 0.248 e. The molecule has 8 rings (SSSR count). The molecule has 210 valence electrons. The third kappa shape index (κ3) is 4.19. The van der Waals surface area contributed by atoms with E-state index in [2.05, 4.69) is 155 Å². The molecule has 7 aromatic carbocycles.